The van der Waals surface area contributed by atoms with Gasteiger partial charge in [0.05, 0.1) is 24.5 Å². The molecule has 146 valence electrons. The van der Waals surface area contributed by atoms with Gasteiger partial charge >= 0.3 is 0 Å². The minimum absolute atomic E-state index is 0.495. The van der Waals surface area contributed by atoms with E-state index in [-0.39, 0.29) is 0 Å². The fourth-order valence-electron chi connectivity index (χ4n) is 3.52. The molecule has 0 amide bonds. The van der Waals surface area contributed by atoms with E-state index in [4.69, 9.17) is 9.26 Å². The molecule has 1 fully saturated rings. The monoisotopic (exact) mass is 378 g/mol. The first kappa shape index (κ1) is 18.3. The Labute approximate surface area is 165 Å². The minimum atomic E-state index is 0.495. The van der Waals surface area contributed by atoms with Crippen molar-refractivity contribution in [2.24, 2.45) is 0 Å². The fraction of sp³-hybridized carbons (Fsp3) is 0.364. The molecular formula is C22H26N4O2. The highest BCUT2D eigenvalue weighted by Crippen LogP contribution is 2.28. The molecule has 0 aliphatic carbocycles. The quantitative estimate of drug-likeness (QED) is 0.641. The predicted molar refractivity (Wildman–Crippen MR) is 111 cm³/mol. The summed E-state index contributed by atoms with van der Waals surface area (Å²) in [6.45, 7) is 5.34. The molecule has 1 aliphatic rings. The number of aromatic nitrogens is 2. The molecule has 6 nitrogen and oxygen atoms in total. The number of hydrogen-bond acceptors (Lipinski definition) is 6. The van der Waals surface area contributed by atoms with E-state index >= 15 is 0 Å². The van der Waals surface area contributed by atoms with Crippen molar-refractivity contribution in [1.29, 1.82) is 0 Å². The van der Waals surface area contributed by atoms with Gasteiger partial charge in [-0.15, -0.1) is 0 Å². The van der Waals surface area contributed by atoms with Crippen LogP contribution in [0.15, 0.2) is 53.1 Å². The number of ether oxygens (including phenoxy) is 1. The van der Waals surface area contributed by atoms with Crippen LogP contribution in [0.3, 0.4) is 0 Å². The molecule has 0 radical (unpaired) electrons. The van der Waals surface area contributed by atoms with Crippen LogP contribution in [0.2, 0.25) is 0 Å². The molecule has 0 spiro atoms. The third-order valence-corrected chi connectivity index (χ3v) is 4.92. The summed E-state index contributed by atoms with van der Waals surface area (Å²) in [6.07, 6.45) is 3.83. The maximum absolute atomic E-state index is 5.47. The van der Waals surface area contributed by atoms with Gasteiger partial charge in [0.1, 0.15) is 5.75 Å². The summed E-state index contributed by atoms with van der Waals surface area (Å²) in [5.74, 6) is 1.99. The molecule has 1 saturated heterocycles. The van der Waals surface area contributed by atoms with Crippen molar-refractivity contribution in [2.75, 3.05) is 29.9 Å². The normalized spacial score (nSPS) is 14.1. The zero-order valence-corrected chi connectivity index (χ0v) is 16.2. The van der Waals surface area contributed by atoms with Crippen LogP contribution in [-0.4, -0.2) is 29.8 Å². The molecule has 0 atom stereocenters. The lowest BCUT2D eigenvalue weighted by atomic mass is 10.1. The summed E-state index contributed by atoms with van der Waals surface area (Å²) in [5, 5.41) is 7.57. The van der Waals surface area contributed by atoms with E-state index in [1.807, 2.05) is 31.2 Å². The molecule has 0 unspecified atom stereocenters. The van der Waals surface area contributed by atoms with Crippen LogP contribution in [-0.2, 0) is 6.54 Å². The van der Waals surface area contributed by atoms with Crippen LogP contribution < -0.4 is 15.0 Å². The van der Waals surface area contributed by atoms with E-state index in [0.717, 1.165) is 30.1 Å². The van der Waals surface area contributed by atoms with E-state index in [1.165, 1.54) is 24.9 Å². The first-order valence-electron chi connectivity index (χ1n) is 9.97. The van der Waals surface area contributed by atoms with Crippen molar-refractivity contribution in [2.45, 2.75) is 32.7 Å². The molecule has 1 aromatic heterocycles. The number of rotatable bonds is 7. The second kappa shape index (κ2) is 8.78. The number of piperidine rings is 1. The number of hydrogen-bond donors (Lipinski definition) is 1. The molecule has 2 heterocycles. The van der Waals surface area contributed by atoms with Crippen molar-refractivity contribution < 1.29 is 9.26 Å². The summed E-state index contributed by atoms with van der Waals surface area (Å²) in [6, 6.07) is 16.1. The van der Waals surface area contributed by atoms with Crippen LogP contribution in [0.5, 0.6) is 5.75 Å². The van der Waals surface area contributed by atoms with Gasteiger partial charge in [0.25, 0.3) is 0 Å². The number of nitrogens with zero attached hydrogens (tertiary/aromatic N) is 3. The molecule has 3 aromatic rings. The molecule has 6 heteroatoms. The zero-order chi connectivity index (χ0) is 19.2. The Balaban J connectivity index is 1.42. The van der Waals surface area contributed by atoms with Gasteiger partial charge in [-0.25, -0.2) is 0 Å². The summed E-state index contributed by atoms with van der Waals surface area (Å²) in [7, 11) is 0. The lowest BCUT2D eigenvalue weighted by Gasteiger charge is -2.30. The number of para-hydroxylation sites is 2. The van der Waals surface area contributed by atoms with Gasteiger partial charge in [-0.3, -0.25) is 0 Å². The lowest BCUT2D eigenvalue weighted by molar-refractivity contribution is 0.340. The van der Waals surface area contributed by atoms with Gasteiger partial charge in [0.2, 0.25) is 11.7 Å². The lowest BCUT2D eigenvalue weighted by Crippen LogP contribution is -2.30. The van der Waals surface area contributed by atoms with Crippen LogP contribution in [0, 0.1) is 0 Å². The Morgan fingerprint density at radius 1 is 1.04 bits per heavy atom. The summed E-state index contributed by atoms with van der Waals surface area (Å²) >= 11 is 0. The number of benzene rings is 2. The number of nitrogens with one attached hydrogen (secondary N) is 1. The molecule has 2 aromatic carbocycles. The van der Waals surface area contributed by atoms with Crippen molar-refractivity contribution in [3.63, 3.8) is 0 Å². The fourth-order valence-corrected chi connectivity index (χ4v) is 3.52. The second-order valence-corrected chi connectivity index (χ2v) is 6.89. The van der Waals surface area contributed by atoms with Crippen LogP contribution >= 0.6 is 0 Å². The van der Waals surface area contributed by atoms with E-state index in [2.05, 4.69) is 44.6 Å². The van der Waals surface area contributed by atoms with Gasteiger partial charge in [-0.05, 0) is 62.6 Å². The Morgan fingerprint density at radius 3 is 2.61 bits per heavy atom. The van der Waals surface area contributed by atoms with E-state index < -0.39 is 0 Å². The molecular weight excluding hydrogens is 352 g/mol. The average Bonchev–Trinajstić information content (AvgIpc) is 3.23. The van der Waals surface area contributed by atoms with Gasteiger partial charge in [-0.1, -0.05) is 17.3 Å². The third kappa shape index (κ3) is 4.27. The molecule has 4 rings (SSSR count). The third-order valence-electron chi connectivity index (χ3n) is 4.92. The van der Waals surface area contributed by atoms with Crippen molar-refractivity contribution in [1.82, 2.24) is 10.1 Å². The maximum Gasteiger partial charge on any atom is 0.246 e. The Morgan fingerprint density at radius 2 is 1.82 bits per heavy atom. The highest BCUT2D eigenvalue weighted by atomic mass is 16.5. The van der Waals surface area contributed by atoms with Gasteiger partial charge < -0.3 is 19.5 Å². The second-order valence-electron chi connectivity index (χ2n) is 6.89. The average molecular weight is 378 g/mol. The van der Waals surface area contributed by atoms with Crippen LogP contribution in [0.25, 0.3) is 11.4 Å². The molecule has 1 aliphatic heterocycles. The Bertz CT molecular complexity index is 886. The molecule has 0 bridgehead atoms. The van der Waals surface area contributed by atoms with Crippen molar-refractivity contribution >= 4 is 11.4 Å². The first-order chi connectivity index (χ1) is 13.8. The smallest absolute Gasteiger partial charge is 0.246 e. The topological polar surface area (TPSA) is 63.4 Å². The summed E-state index contributed by atoms with van der Waals surface area (Å²) in [4.78, 5) is 6.97. The van der Waals surface area contributed by atoms with Crippen molar-refractivity contribution in [3.05, 3.63) is 54.4 Å². The van der Waals surface area contributed by atoms with Gasteiger partial charge in [0.15, 0.2) is 0 Å². The molecule has 1 N–H and O–H groups in total. The summed E-state index contributed by atoms with van der Waals surface area (Å²) < 4.78 is 10.9. The van der Waals surface area contributed by atoms with Gasteiger partial charge in [0, 0.05) is 18.7 Å². The standard InChI is InChI=1S/C22H26N4O2/c1-2-27-18-12-10-17(11-13-18)22-24-21(28-25-22)16-23-19-8-4-5-9-20(19)26-14-6-3-7-15-26/h4-5,8-13,23H,2-3,6-7,14-16H2,1H3. The highest BCUT2D eigenvalue weighted by molar-refractivity contribution is 5.70. The van der Waals surface area contributed by atoms with Crippen LogP contribution in [0.1, 0.15) is 32.1 Å². The largest absolute Gasteiger partial charge is 0.494 e. The van der Waals surface area contributed by atoms with Crippen molar-refractivity contribution in [3.8, 4) is 17.1 Å². The first-order valence-corrected chi connectivity index (χ1v) is 9.97. The van der Waals surface area contributed by atoms with E-state index in [0.29, 0.717) is 24.9 Å². The van der Waals surface area contributed by atoms with Gasteiger partial charge in [-0.2, -0.15) is 4.98 Å². The maximum atomic E-state index is 5.47. The Hall–Kier alpha value is -3.02. The van der Waals surface area contributed by atoms with Crippen LogP contribution in [0.4, 0.5) is 11.4 Å². The summed E-state index contributed by atoms with van der Waals surface area (Å²) in [5.41, 5.74) is 3.26. The highest BCUT2D eigenvalue weighted by Gasteiger charge is 2.15. The molecule has 28 heavy (non-hydrogen) atoms. The minimum Gasteiger partial charge on any atom is -0.494 e. The predicted octanol–water partition coefficient (Wildman–Crippen LogP) is 4.74. The Kier molecular flexibility index (Phi) is 5.75. The number of anilines is 2. The van der Waals surface area contributed by atoms with E-state index in [9.17, 15) is 0 Å². The van der Waals surface area contributed by atoms with E-state index in [1.54, 1.807) is 0 Å². The molecule has 0 saturated carbocycles. The zero-order valence-electron chi connectivity index (χ0n) is 16.2. The SMILES string of the molecule is CCOc1ccc(-c2noc(CNc3ccccc3N3CCCCC3)n2)cc1.